The van der Waals surface area contributed by atoms with Crippen molar-refractivity contribution in [1.29, 1.82) is 0 Å². The molecule has 1 aromatic rings. The topological polar surface area (TPSA) is 106 Å². The lowest BCUT2D eigenvalue weighted by Crippen LogP contribution is -2.47. The van der Waals surface area contributed by atoms with Crippen LogP contribution in [0, 0.1) is 5.92 Å². The van der Waals surface area contributed by atoms with Crippen LogP contribution in [-0.2, 0) is 14.3 Å². The zero-order valence-corrected chi connectivity index (χ0v) is 12.5. The number of nitrogens with two attached hydrogens (primary N) is 1. The third-order valence-electron chi connectivity index (χ3n) is 3.67. The Bertz CT molecular complexity index is 489. The highest BCUT2D eigenvalue weighted by Gasteiger charge is 2.26. The Balaban J connectivity index is 1.66. The molecule has 1 unspecified atom stereocenters. The SMILES string of the molecule is NC(C(=O)NCCC(=O)Nc1cccnc1)C1CCOCC1. The minimum Gasteiger partial charge on any atom is -0.381 e. The molecule has 2 rings (SSSR count). The zero-order valence-electron chi connectivity index (χ0n) is 12.5. The lowest BCUT2D eigenvalue weighted by Gasteiger charge is -2.26. The van der Waals surface area contributed by atoms with Crippen LogP contribution in [0.5, 0.6) is 0 Å². The van der Waals surface area contributed by atoms with Gasteiger partial charge in [0, 0.05) is 32.4 Å². The Morgan fingerprint density at radius 1 is 1.41 bits per heavy atom. The number of hydrogen-bond donors (Lipinski definition) is 3. The lowest BCUT2D eigenvalue weighted by molar-refractivity contribution is -0.124. The van der Waals surface area contributed by atoms with Crippen molar-refractivity contribution in [3.8, 4) is 0 Å². The number of rotatable bonds is 6. The molecule has 0 aliphatic carbocycles. The van der Waals surface area contributed by atoms with E-state index < -0.39 is 6.04 Å². The Hall–Kier alpha value is -1.99. The van der Waals surface area contributed by atoms with E-state index in [1.807, 2.05) is 0 Å². The number of hydrogen-bond acceptors (Lipinski definition) is 5. The van der Waals surface area contributed by atoms with Gasteiger partial charge in [-0.2, -0.15) is 0 Å². The van der Waals surface area contributed by atoms with Crippen molar-refractivity contribution in [2.75, 3.05) is 25.1 Å². The molecule has 120 valence electrons. The summed E-state index contributed by atoms with van der Waals surface area (Å²) in [6.45, 7) is 1.57. The quantitative estimate of drug-likeness (QED) is 0.700. The fourth-order valence-corrected chi connectivity index (χ4v) is 2.37. The Morgan fingerprint density at radius 3 is 2.86 bits per heavy atom. The van der Waals surface area contributed by atoms with Crippen LogP contribution in [-0.4, -0.2) is 42.6 Å². The summed E-state index contributed by atoms with van der Waals surface area (Å²) in [6, 6.07) is 2.96. The molecule has 1 fully saturated rings. The lowest BCUT2D eigenvalue weighted by atomic mass is 9.92. The maximum absolute atomic E-state index is 12.0. The molecular weight excluding hydrogens is 284 g/mol. The molecule has 0 radical (unpaired) electrons. The van der Waals surface area contributed by atoms with E-state index in [0.29, 0.717) is 18.9 Å². The van der Waals surface area contributed by atoms with Gasteiger partial charge in [-0.3, -0.25) is 14.6 Å². The summed E-state index contributed by atoms with van der Waals surface area (Å²) in [5.41, 5.74) is 6.59. The van der Waals surface area contributed by atoms with Crippen molar-refractivity contribution in [2.45, 2.75) is 25.3 Å². The second-order valence-electron chi connectivity index (χ2n) is 5.31. The van der Waals surface area contributed by atoms with Crippen LogP contribution < -0.4 is 16.4 Å². The van der Waals surface area contributed by atoms with Crippen molar-refractivity contribution in [2.24, 2.45) is 11.7 Å². The molecule has 1 aromatic heterocycles. The first kappa shape index (κ1) is 16.4. The van der Waals surface area contributed by atoms with Gasteiger partial charge in [0.25, 0.3) is 0 Å². The molecule has 1 aliphatic heterocycles. The minimum atomic E-state index is -0.537. The Labute approximate surface area is 129 Å². The number of carbonyl (C=O) groups excluding carboxylic acids is 2. The van der Waals surface area contributed by atoms with E-state index >= 15 is 0 Å². The second kappa shape index (κ2) is 8.45. The van der Waals surface area contributed by atoms with E-state index in [1.54, 1.807) is 24.5 Å². The van der Waals surface area contributed by atoms with Gasteiger partial charge in [0.15, 0.2) is 0 Å². The predicted octanol–water partition coefficient (Wildman–Crippen LogP) is 0.280. The molecule has 0 aromatic carbocycles. The number of carbonyl (C=O) groups is 2. The van der Waals surface area contributed by atoms with E-state index in [0.717, 1.165) is 12.8 Å². The maximum Gasteiger partial charge on any atom is 0.237 e. The molecule has 2 amide bonds. The third-order valence-corrected chi connectivity index (χ3v) is 3.67. The van der Waals surface area contributed by atoms with Crippen molar-refractivity contribution in [3.63, 3.8) is 0 Å². The summed E-state index contributed by atoms with van der Waals surface area (Å²) in [7, 11) is 0. The molecule has 22 heavy (non-hydrogen) atoms. The second-order valence-corrected chi connectivity index (χ2v) is 5.31. The summed E-state index contributed by atoms with van der Waals surface area (Å²) in [4.78, 5) is 27.6. The summed E-state index contributed by atoms with van der Waals surface area (Å²) >= 11 is 0. The molecule has 4 N–H and O–H groups in total. The number of anilines is 1. The summed E-state index contributed by atoms with van der Waals surface area (Å²) < 4.78 is 5.25. The number of nitrogens with zero attached hydrogens (tertiary/aromatic N) is 1. The van der Waals surface area contributed by atoms with E-state index in [4.69, 9.17) is 10.5 Å². The van der Waals surface area contributed by atoms with Gasteiger partial charge in [-0.1, -0.05) is 0 Å². The highest BCUT2D eigenvalue weighted by atomic mass is 16.5. The summed E-state index contributed by atoms with van der Waals surface area (Å²) in [6.07, 6.45) is 5.00. The normalized spacial score (nSPS) is 16.8. The maximum atomic E-state index is 12.0. The van der Waals surface area contributed by atoms with Gasteiger partial charge >= 0.3 is 0 Å². The van der Waals surface area contributed by atoms with Crippen molar-refractivity contribution in [1.82, 2.24) is 10.3 Å². The molecular formula is C15H22N4O3. The highest BCUT2D eigenvalue weighted by Crippen LogP contribution is 2.17. The molecule has 7 nitrogen and oxygen atoms in total. The van der Waals surface area contributed by atoms with Crippen LogP contribution in [0.15, 0.2) is 24.5 Å². The minimum absolute atomic E-state index is 0.151. The van der Waals surface area contributed by atoms with Gasteiger partial charge in [0.2, 0.25) is 11.8 Å². The standard InChI is InChI=1S/C15H22N4O3/c16-14(11-4-8-22-9-5-11)15(21)18-7-3-13(20)19-12-2-1-6-17-10-12/h1-2,6,10-11,14H,3-5,7-9,16H2,(H,18,21)(H,19,20). The van der Waals surface area contributed by atoms with Crippen molar-refractivity contribution >= 4 is 17.5 Å². The fraction of sp³-hybridized carbons (Fsp3) is 0.533. The van der Waals surface area contributed by atoms with E-state index in [9.17, 15) is 9.59 Å². The van der Waals surface area contributed by atoms with E-state index in [1.165, 1.54) is 0 Å². The van der Waals surface area contributed by atoms with Crippen LogP contribution in [0.1, 0.15) is 19.3 Å². The largest absolute Gasteiger partial charge is 0.381 e. The van der Waals surface area contributed by atoms with Crippen LogP contribution in [0.3, 0.4) is 0 Å². The van der Waals surface area contributed by atoms with Crippen LogP contribution in [0.2, 0.25) is 0 Å². The van der Waals surface area contributed by atoms with Gasteiger partial charge in [-0.05, 0) is 30.9 Å². The van der Waals surface area contributed by atoms with Gasteiger partial charge < -0.3 is 21.1 Å². The van der Waals surface area contributed by atoms with Gasteiger partial charge in [-0.25, -0.2) is 0 Å². The molecule has 0 saturated carbocycles. The molecule has 0 spiro atoms. The number of ether oxygens (including phenoxy) is 1. The molecule has 7 heteroatoms. The Kier molecular flexibility index (Phi) is 6.29. The van der Waals surface area contributed by atoms with Crippen molar-refractivity contribution in [3.05, 3.63) is 24.5 Å². The molecule has 2 heterocycles. The summed E-state index contributed by atoms with van der Waals surface area (Å²) in [5.74, 6) is -0.230. The predicted molar refractivity (Wildman–Crippen MR) is 82.0 cm³/mol. The third kappa shape index (κ3) is 5.09. The number of nitrogens with one attached hydrogen (secondary N) is 2. The number of pyridine rings is 1. The first-order valence-electron chi connectivity index (χ1n) is 7.47. The van der Waals surface area contributed by atoms with Crippen LogP contribution >= 0.6 is 0 Å². The fourth-order valence-electron chi connectivity index (χ4n) is 2.37. The van der Waals surface area contributed by atoms with Gasteiger partial charge in [-0.15, -0.1) is 0 Å². The number of aromatic nitrogens is 1. The highest BCUT2D eigenvalue weighted by molar-refractivity contribution is 5.91. The monoisotopic (exact) mass is 306 g/mol. The average Bonchev–Trinajstić information content (AvgIpc) is 2.55. The zero-order chi connectivity index (χ0) is 15.8. The smallest absolute Gasteiger partial charge is 0.237 e. The Morgan fingerprint density at radius 2 is 2.18 bits per heavy atom. The van der Waals surface area contributed by atoms with E-state index in [2.05, 4.69) is 15.6 Å². The first-order chi connectivity index (χ1) is 10.7. The number of amides is 2. The molecule has 1 atom stereocenters. The van der Waals surface area contributed by atoms with Crippen LogP contribution in [0.25, 0.3) is 0 Å². The van der Waals surface area contributed by atoms with Gasteiger partial charge in [0.1, 0.15) is 0 Å². The van der Waals surface area contributed by atoms with E-state index in [-0.39, 0.29) is 30.7 Å². The average molecular weight is 306 g/mol. The van der Waals surface area contributed by atoms with Gasteiger partial charge in [0.05, 0.1) is 17.9 Å². The molecule has 1 aliphatic rings. The molecule has 0 bridgehead atoms. The van der Waals surface area contributed by atoms with Crippen LogP contribution in [0.4, 0.5) is 5.69 Å². The van der Waals surface area contributed by atoms with Crippen molar-refractivity contribution < 1.29 is 14.3 Å². The molecule has 1 saturated heterocycles. The summed E-state index contributed by atoms with van der Waals surface area (Å²) in [5, 5.41) is 5.42. The first-order valence-corrected chi connectivity index (χ1v) is 7.47.